The monoisotopic (exact) mass is 381 g/mol. The zero-order valence-corrected chi connectivity index (χ0v) is 16.2. The van der Waals surface area contributed by atoms with E-state index in [0.29, 0.717) is 41.6 Å². The van der Waals surface area contributed by atoms with Crippen LogP contribution in [0.5, 0.6) is 0 Å². The van der Waals surface area contributed by atoms with Gasteiger partial charge in [0, 0.05) is 32.4 Å². The van der Waals surface area contributed by atoms with Gasteiger partial charge in [-0.25, -0.2) is 9.97 Å². The molecule has 27 heavy (non-hydrogen) atoms. The first-order valence-corrected chi connectivity index (χ1v) is 9.38. The van der Waals surface area contributed by atoms with Gasteiger partial charge < -0.3 is 9.80 Å². The van der Waals surface area contributed by atoms with Crippen LogP contribution in [-0.2, 0) is 13.0 Å². The van der Waals surface area contributed by atoms with Crippen LogP contribution in [-0.4, -0.2) is 56.0 Å². The maximum atomic E-state index is 12.9. The number of aromatic nitrogens is 5. The lowest BCUT2D eigenvalue weighted by atomic mass is 10.0. The summed E-state index contributed by atoms with van der Waals surface area (Å²) in [6.07, 6.45) is 2.44. The highest BCUT2D eigenvalue weighted by Gasteiger charge is 2.28. The summed E-state index contributed by atoms with van der Waals surface area (Å²) in [5, 5.41) is 3.95. The summed E-state index contributed by atoms with van der Waals surface area (Å²) >= 11 is 1.14. The lowest BCUT2D eigenvalue weighted by Gasteiger charge is -2.30. The molecule has 9 heteroatoms. The summed E-state index contributed by atoms with van der Waals surface area (Å²) in [6, 6.07) is 5.66. The van der Waals surface area contributed by atoms with Crippen molar-refractivity contribution in [2.75, 3.05) is 25.5 Å². The summed E-state index contributed by atoms with van der Waals surface area (Å²) in [7, 11) is 3.93. The van der Waals surface area contributed by atoms with Gasteiger partial charge in [-0.05, 0) is 37.0 Å². The van der Waals surface area contributed by atoms with Crippen LogP contribution >= 0.6 is 11.5 Å². The molecule has 1 aliphatic rings. The zero-order chi connectivity index (χ0) is 19.0. The van der Waals surface area contributed by atoms with Gasteiger partial charge in [0.05, 0.1) is 17.9 Å². The molecule has 138 valence electrons. The second-order valence-corrected chi connectivity index (χ2v) is 7.32. The van der Waals surface area contributed by atoms with Crippen molar-refractivity contribution < 1.29 is 4.79 Å². The first kappa shape index (κ1) is 17.5. The van der Waals surface area contributed by atoms with Crippen LogP contribution in [0.4, 0.5) is 5.82 Å². The van der Waals surface area contributed by atoms with Gasteiger partial charge in [-0.3, -0.25) is 9.78 Å². The van der Waals surface area contributed by atoms with Crippen molar-refractivity contribution in [1.29, 1.82) is 0 Å². The molecular weight excluding hydrogens is 362 g/mol. The predicted molar refractivity (Wildman–Crippen MR) is 103 cm³/mol. The van der Waals surface area contributed by atoms with Crippen molar-refractivity contribution in [2.45, 2.75) is 19.9 Å². The molecule has 4 rings (SSSR count). The third-order valence-electron chi connectivity index (χ3n) is 4.49. The van der Waals surface area contributed by atoms with E-state index in [1.54, 1.807) is 18.0 Å². The Morgan fingerprint density at radius 3 is 2.78 bits per heavy atom. The Hall–Kier alpha value is -2.94. The number of nitrogens with zero attached hydrogens (tertiary/aromatic N) is 7. The van der Waals surface area contributed by atoms with E-state index in [1.807, 2.05) is 37.2 Å². The van der Waals surface area contributed by atoms with E-state index in [2.05, 4.69) is 14.6 Å². The molecule has 0 aromatic carbocycles. The number of amides is 1. The van der Waals surface area contributed by atoms with Crippen molar-refractivity contribution in [2.24, 2.45) is 0 Å². The fraction of sp³-hybridized carbons (Fsp3) is 0.333. The van der Waals surface area contributed by atoms with Crippen LogP contribution in [0.3, 0.4) is 0 Å². The van der Waals surface area contributed by atoms with Crippen molar-refractivity contribution in [3.63, 3.8) is 0 Å². The van der Waals surface area contributed by atoms with Gasteiger partial charge in [-0.15, -0.1) is 5.10 Å². The Balaban J connectivity index is 1.72. The number of carbonyl (C=O) groups is 1. The van der Waals surface area contributed by atoms with Crippen molar-refractivity contribution >= 4 is 23.3 Å². The maximum Gasteiger partial charge on any atom is 0.267 e. The predicted octanol–water partition coefficient (Wildman–Crippen LogP) is 1.96. The van der Waals surface area contributed by atoms with Crippen LogP contribution in [0.1, 0.15) is 26.6 Å². The Labute approximate surface area is 161 Å². The zero-order valence-electron chi connectivity index (χ0n) is 15.4. The average molecular weight is 381 g/mol. The van der Waals surface area contributed by atoms with Gasteiger partial charge in [0.2, 0.25) is 0 Å². The minimum Gasteiger partial charge on any atom is -0.362 e. The summed E-state index contributed by atoms with van der Waals surface area (Å²) < 4.78 is 3.88. The number of carbonyl (C=O) groups excluding carboxylic acids is 1. The fourth-order valence-electron chi connectivity index (χ4n) is 3.13. The number of rotatable bonds is 3. The molecule has 1 amide bonds. The minimum atomic E-state index is -0.0439. The molecular formula is C18H19N7OS. The van der Waals surface area contributed by atoms with Crippen molar-refractivity contribution in [3.8, 4) is 11.5 Å². The summed E-state index contributed by atoms with van der Waals surface area (Å²) in [4.78, 5) is 31.1. The fourth-order valence-corrected chi connectivity index (χ4v) is 3.76. The largest absolute Gasteiger partial charge is 0.362 e. The standard InChI is InChI=1S/C18H19N7OS/c1-11-15(27-23-22-11)18(26)25-9-7-12-14(10-25)20-16(21-17(12)24(2)3)13-6-4-5-8-19-13/h4-6,8H,7,9-10H2,1-3H3. The van der Waals surface area contributed by atoms with E-state index in [0.717, 1.165) is 28.6 Å². The molecule has 0 atom stereocenters. The molecule has 0 aliphatic carbocycles. The molecule has 0 fully saturated rings. The Kier molecular flexibility index (Phi) is 4.53. The highest BCUT2D eigenvalue weighted by atomic mass is 32.1. The van der Waals surface area contributed by atoms with E-state index < -0.39 is 0 Å². The second kappa shape index (κ2) is 6.99. The molecule has 0 radical (unpaired) electrons. The molecule has 1 aliphatic heterocycles. The molecule has 0 unspecified atom stereocenters. The van der Waals surface area contributed by atoms with E-state index in [-0.39, 0.29) is 5.91 Å². The van der Waals surface area contributed by atoms with Gasteiger partial charge in [0.1, 0.15) is 16.4 Å². The molecule has 0 saturated carbocycles. The summed E-state index contributed by atoms with van der Waals surface area (Å²) in [5.41, 5.74) is 3.34. The third kappa shape index (κ3) is 3.25. The lowest BCUT2D eigenvalue weighted by molar-refractivity contribution is 0.0736. The van der Waals surface area contributed by atoms with E-state index >= 15 is 0 Å². The quantitative estimate of drug-likeness (QED) is 0.685. The van der Waals surface area contributed by atoms with E-state index in [1.165, 1.54) is 0 Å². The minimum absolute atomic E-state index is 0.0439. The molecule has 4 heterocycles. The molecule has 0 saturated heterocycles. The maximum absolute atomic E-state index is 12.9. The summed E-state index contributed by atoms with van der Waals surface area (Å²) in [6.45, 7) is 2.87. The number of pyridine rings is 1. The van der Waals surface area contributed by atoms with Crippen LogP contribution in [0.15, 0.2) is 24.4 Å². The summed E-state index contributed by atoms with van der Waals surface area (Å²) in [5.74, 6) is 1.41. The van der Waals surface area contributed by atoms with Crippen molar-refractivity contribution in [1.82, 2.24) is 29.4 Å². The number of hydrogen-bond acceptors (Lipinski definition) is 8. The second-order valence-electron chi connectivity index (χ2n) is 6.57. The van der Waals surface area contributed by atoms with Gasteiger partial charge >= 0.3 is 0 Å². The van der Waals surface area contributed by atoms with E-state index in [9.17, 15) is 4.79 Å². The lowest BCUT2D eigenvalue weighted by Crippen LogP contribution is -2.37. The number of hydrogen-bond donors (Lipinski definition) is 0. The van der Waals surface area contributed by atoms with Crippen molar-refractivity contribution in [3.05, 3.63) is 46.2 Å². The number of anilines is 1. The molecule has 3 aromatic heterocycles. The molecule has 3 aromatic rings. The van der Waals surface area contributed by atoms with Crippen LogP contribution in [0.25, 0.3) is 11.5 Å². The van der Waals surface area contributed by atoms with Gasteiger partial charge in [-0.1, -0.05) is 10.6 Å². The SMILES string of the molecule is Cc1nnsc1C(=O)N1CCc2c(nc(-c3ccccn3)nc2N(C)C)C1. The normalized spacial score (nSPS) is 13.4. The Morgan fingerprint density at radius 1 is 1.26 bits per heavy atom. The molecule has 0 spiro atoms. The molecule has 8 nitrogen and oxygen atoms in total. The smallest absolute Gasteiger partial charge is 0.267 e. The van der Waals surface area contributed by atoms with E-state index in [4.69, 9.17) is 9.97 Å². The van der Waals surface area contributed by atoms with Crippen LogP contribution in [0, 0.1) is 6.92 Å². The Morgan fingerprint density at radius 2 is 2.11 bits per heavy atom. The number of aryl methyl sites for hydroxylation is 1. The third-order valence-corrected chi connectivity index (χ3v) is 5.31. The van der Waals surface area contributed by atoms with Gasteiger partial charge in [-0.2, -0.15) is 0 Å². The Bertz CT molecular complexity index is 987. The molecule has 0 bridgehead atoms. The van der Waals surface area contributed by atoms with Crippen LogP contribution < -0.4 is 4.90 Å². The molecule has 0 N–H and O–H groups in total. The van der Waals surface area contributed by atoms with Gasteiger partial charge in [0.25, 0.3) is 5.91 Å². The first-order chi connectivity index (χ1) is 13.0. The number of fused-ring (bicyclic) bond motifs is 1. The highest BCUT2D eigenvalue weighted by Crippen LogP contribution is 2.29. The average Bonchev–Trinajstić information content (AvgIpc) is 3.12. The van der Waals surface area contributed by atoms with Crippen LogP contribution in [0.2, 0.25) is 0 Å². The first-order valence-electron chi connectivity index (χ1n) is 8.61. The topological polar surface area (TPSA) is 88.0 Å². The highest BCUT2D eigenvalue weighted by molar-refractivity contribution is 7.07. The van der Waals surface area contributed by atoms with Gasteiger partial charge in [0.15, 0.2) is 5.82 Å².